The van der Waals surface area contributed by atoms with Crippen molar-refractivity contribution in [2.45, 2.75) is 179 Å². The van der Waals surface area contributed by atoms with Crippen LogP contribution in [0.1, 0.15) is 177 Å². The van der Waals surface area contributed by atoms with E-state index in [1.54, 1.807) is 49.4 Å². The Bertz CT molecular complexity index is 2180. The van der Waals surface area contributed by atoms with Crippen LogP contribution in [-0.2, 0) is 46.8 Å². The molecule has 0 aliphatic carbocycles. The molecule has 0 saturated heterocycles. The van der Waals surface area contributed by atoms with Crippen LogP contribution in [0.4, 0.5) is 11.4 Å². The number of halogens is 3. The van der Waals surface area contributed by atoms with Gasteiger partial charge in [0.1, 0.15) is 23.5 Å². The van der Waals surface area contributed by atoms with E-state index in [1.807, 2.05) is 0 Å². The van der Waals surface area contributed by atoms with Crippen LogP contribution in [0.25, 0.3) is 0 Å². The summed E-state index contributed by atoms with van der Waals surface area (Å²) >= 11 is 20.1. The Kier molecular flexibility index (Phi) is 28.6. The Morgan fingerprint density at radius 3 is 1.70 bits per heavy atom. The highest BCUT2D eigenvalue weighted by molar-refractivity contribution is 8.00. The molecule has 0 fully saturated rings. The lowest BCUT2D eigenvalue weighted by Gasteiger charge is -2.18. The molecule has 13 nitrogen and oxygen atoms in total. The zero-order valence-electron chi connectivity index (χ0n) is 41.1. The molecule has 2 unspecified atom stereocenters. The Hall–Kier alpha value is -4.18. The second-order valence-electron chi connectivity index (χ2n) is 17.5. The number of hydrogen-bond acceptors (Lipinski definition) is 11. The van der Waals surface area contributed by atoms with Crippen LogP contribution in [-0.4, -0.2) is 57.2 Å². The quantitative estimate of drug-likeness (QED) is 0.0111. The Balaban J connectivity index is 1.39. The topological polar surface area (TPSA) is 160 Å². The molecular formula is C53H72Cl3N5O8S. The number of aromatic nitrogens is 3. The molecule has 4 rings (SSSR count). The molecule has 0 aliphatic heterocycles. The van der Waals surface area contributed by atoms with E-state index in [1.165, 1.54) is 108 Å². The number of amides is 2. The molecule has 0 spiro atoms. The van der Waals surface area contributed by atoms with E-state index in [4.69, 9.17) is 54.1 Å². The van der Waals surface area contributed by atoms with Crippen molar-refractivity contribution in [2.75, 3.05) is 23.8 Å². The Labute approximate surface area is 434 Å². The largest absolute Gasteiger partial charge is 0.462 e. The second-order valence-corrected chi connectivity index (χ2v) is 20.1. The molecule has 3 aromatic carbocycles. The number of thioether (sulfide) groups is 1. The maximum atomic E-state index is 14.3. The van der Waals surface area contributed by atoms with Gasteiger partial charge in [0.25, 0.3) is 11.8 Å². The molecule has 2 amide bonds. The number of anilines is 2. The normalized spacial score (nSPS) is 12.1. The van der Waals surface area contributed by atoms with Crippen molar-refractivity contribution < 1.29 is 38.4 Å². The van der Waals surface area contributed by atoms with E-state index >= 15 is 0 Å². The van der Waals surface area contributed by atoms with Crippen molar-refractivity contribution in [1.29, 1.82) is 0 Å². The lowest BCUT2D eigenvalue weighted by atomic mass is 10.1. The van der Waals surface area contributed by atoms with Crippen LogP contribution >= 0.6 is 46.6 Å². The highest BCUT2D eigenvalue weighted by atomic mass is 35.5. The van der Waals surface area contributed by atoms with Gasteiger partial charge in [-0.15, -0.1) is 5.10 Å². The van der Waals surface area contributed by atoms with E-state index in [0.29, 0.717) is 17.2 Å². The molecule has 4 aromatic rings. The number of nitrogens with zero attached hydrogens (tertiary/aromatic N) is 3. The number of rotatable bonds is 36. The van der Waals surface area contributed by atoms with E-state index < -0.39 is 35.0 Å². The number of ether oxygens (including phenoxy) is 2. The molecule has 384 valence electrons. The van der Waals surface area contributed by atoms with E-state index in [9.17, 15) is 19.2 Å². The summed E-state index contributed by atoms with van der Waals surface area (Å²) in [5.74, 6) is -2.77. The minimum absolute atomic E-state index is 0.0408. The lowest BCUT2D eigenvalue weighted by molar-refractivity contribution is -0.304. The summed E-state index contributed by atoms with van der Waals surface area (Å²) < 4.78 is 12.1. The predicted molar refractivity (Wildman–Crippen MR) is 281 cm³/mol. The molecule has 0 saturated carbocycles. The number of unbranched alkanes of at least 4 members (excludes halogenated alkanes) is 18. The molecule has 1 heterocycles. The first kappa shape index (κ1) is 58.4. The second kappa shape index (κ2) is 34.2. The molecule has 70 heavy (non-hydrogen) atoms. The fourth-order valence-corrected chi connectivity index (χ4v) is 8.68. The third kappa shape index (κ3) is 22.5. The SMILES string of the molecule is CCCCCCCCCCCCOOCc1ccc(Cl)c(NC(=O)C(C(=O)Nc2cc(C(=O)OCCCCCCCCCCCC)ccc2Cl)n2cc(SC(C)C(=O)OCc3ccc(Cl)cc3)nn2)c1. The van der Waals surface area contributed by atoms with Gasteiger partial charge in [0.05, 0.1) is 46.4 Å². The van der Waals surface area contributed by atoms with Crippen molar-refractivity contribution in [1.82, 2.24) is 15.0 Å². The Morgan fingerprint density at radius 1 is 0.600 bits per heavy atom. The summed E-state index contributed by atoms with van der Waals surface area (Å²) in [7, 11) is 0. The van der Waals surface area contributed by atoms with Gasteiger partial charge in [-0.25, -0.2) is 19.3 Å². The van der Waals surface area contributed by atoms with Crippen molar-refractivity contribution >= 4 is 81.7 Å². The number of carbonyl (C=O) groups is 4. The summed E-state index contributed by atoms with van der Waals surface area (Å²) in [5, 5.41) is 14.1. The number of carbonyl (C=O) groups excluding carboxylic acids is 4. The highest BCUT2D eigenvalue weighted by Gasteiger charge is 2.32. The average molecular weight is 1050 g/mol. The van der Waals surface area contributed by atoms with Gasteiger partial charge in [0.15, 0.2) is 0 Å². The average Bonchev–Trinajstić information content (AvgIpc) is 3.80. The zero-order chi connectivity index (χ0) is 50.4. The number of benzene rings is 3. The predicted octanol–water partition coefficient (Wildman–Crippen LogP) is 14.7. The fraction of sp³-hybridized carbons (Fsp3) is 0.547. The van der Waals surface area contributed by atoms with Crippen molar-refractivity contribution in [3.63, 3.8) is 0 Å². The van der Waals surface area contributed by atoms with Crippen LogP contribution in [0.15, 0.2) is 71.9 Å². The maximum Gasteiger partial charge on any atom is 0.338 e. The minimum Gasteiger partial charge on any atom is -0.462 e. The number of nitrogens with one attached hydrogen (secondary N) is 2. The molecule has 0 bridgehead atoms. The van der Waals surface area contributed by atoms with Crippen molar-refractivity contribution in [3.8, 4) is 0 Å². The van der Waals surface area contributed by atoms with E-state index in [0.717, 1.165) is 67.0 Å². The summed E-state index contributed by atoms with van der Waals surface area (Å²) in [5.41, 5.74) is 1.86. The molecule has 0 radical (unpaired) electrons. The van der Waals surface area contributed by atoms with Gasteiger partial charge in [0.2, 0.25) is 6.04 Å². The first-order chi connectivity index (χ1) is 34.0. The van der Waals surface area contributed by atoms with Crippen LogP contribution in [0.5, 0.6) is 0 Å². The zero-order valence-corrected chi connectivity index (χ0v) is 44.2. The van der Waals surface area contributed by atoms with Gasteiger partial charge < -0.3 is 20.1 Å². The van der Waals surface area contributed by atoms with Crippen molar-refractivity contribution in [2.24, 2.45) is 0 Å². The van der Waals surface area contributed by atoms with Gasteiger partial charge in [-0.05, 0) is 73.4 Å². The molecule has 2 atom stereocenters. The smallest absolute Gasteiger partial charge is 0.338 e. The lowest BCUT2D eigenvalue weighted by Crippen LogP contribution is -2.36. The van der Waals surface area contributed by atoms with Crippen molar-refractivity contribution in [3.05, 3.63) is 98.6 Å². The molecule has 1 aromatic heterocycles. The van der Waals surface area contributed by atoms with E-state index in [-0.39, 0.29) is 51.8 Å². The van der Waals surface area contributed by atoms with Crippen LogP contribution < -0.4 is 10.6 Å². The van der Waals surface area contributed by atoms with Gasteiger partial charge >= 0.3 is 11.9 Å². The summed E-state index contributed by atoms with van der Waals surface area (Å²) in [4.78, 5) is 65.5. The first-order valence-corrected chi connectivity index (χ1v) is 27.1. The fourth-order valence-electron chi connectivity index (χ4n) is 7.44. The van der Waals surface area contributed by atoms with Crippen LogP contribution in [0.2, 0.25) is 15.1 Å². The standard InChI is InChI=1S/C53H72Cl3N5O8S/c1-4-6-8-10-12-14-16-18-20-22-32-66-53(65)42-27-31-45(56)47(35-42)58-51(63)49(61-36-48(59-60-61)70-39(3)52(64)67-37-40-24-28-43(54)29-25-40)50(62)57-46-34-41(26-30-44(46)55)38-69-68-33-23-21-19-17-15-13-11-9-7-5-2/h24-31,34-36,39,49H,4-23,32-33,37-38H2,1-3H3,(H,57,62)(H,58,63). The number of hydrogen-bond donors (Lipinski definition) is 2. The Morgan fingerprint density at radius 2 is 1.11 bits per heavy atom. The summed E-state index contributed by atoms with van der Waals surface area (Å²) in [6, 6.07) is 14.6. The summed E-state index contributed by atoms with van der Waals surface area (Å²) in [6.45, 7) is 6.94. The number of esters is 2. The minimum atomic E-state index is -1.68. The first-order valence-electron chi connectivity index (χ1n) is 25.1. The molecular weight excluding hydrogens is 973 g/mol. The highest BCUT2D eigenvalue weighted by Crippen LogP contribution is 2.29. The third-order valence-corrected chi connectivity index (χ3v) is 13.4. The van der Waals surface area contributed by atoms with Gasteiger partial charge in [-0.3, -0.25) is 14.4 Å². The van der Waals surface area contributed by atoms with Gasteiger partial charge in [-0.2, -0.15) is 0 Å². The monoisotopic (exact) mass is 1040 g/mol. The van der Waals surface area contributed by atoms with Gasteiger partial charge in [-0.1, -0.05) is 199 Å². The molecule has 0 aliphatic rings. The maximum absolute atomic E-state index is 14.3. The molecule has 2 N–H and O–H groups in total. The third-order valence-electron chi connectivity index (χ3n) is 11.5. The van der Waals surface area contributed by atoms with Crippen LogP contribution in [0.3, 0.4) is 0 Å². The van der Waals surface area contributed by atoms with E-state index in [2.05, 4.69) is 34.8 Å². The van der Waals surface area contributed by atoms with Gasteiger partial charge in [0, 0.05) is 5.02 Å². The summed E-state index contributed by atoms with van der Waals surface area (Å²) in [6.07, 6.45) is 25.0. The molecule has 17 heteroatoms. The van der Waals surface area contributed by atoms with Crippen LogP contribution in [0, 0.1) is 0 Å².